The molecule has 0 bridgehead atoms. The fraction of sp³-hybridized carbons (Fsp3) is 0.276. The standard InChI is InChI=1S/C29H28N2O9/c1-31(2)22-21-24(34)18-15(11-12-7-9-13(40-3)10-8-12)14-5-4-6-16(32)17(14)23(33)19(18)26(36)29(21,39)27(37)20(25(22)35)28(30)38/h4-11,18,21-22,24,32-34,37,39H,1-3H3,(H2,30,38)/b15-11+/t18-,21-,22+,24+,29+/m0/s1. The number of rotatable bonds is 4. The Bertz CT molecular complexity index is 1550. The first-order valence-electron chi connectivity index (χ1n) is 12.4. The van der Waals surface area contributed by atoms with Crippen LogP contribution in [0.3, 0.4) is 0 Å². The Kier molecular flexibility index (Phi) is 6.33. The predicted octanol–water partition coefficient (Wildman–Crippen LogP) is 0.942. The lowest BCUT2D eigenvalue weighted by atomic mass is 9.55. The van der Waals surface area contributed by atoms with Gasteiger partial charge in [-0.3, -0.25) is 19.3 Å². The number of fused-ring (bicyclic) bond motifs is 3. The molecule has 11 nitrogen and oxygen atoms in total. The van der Waals surface area contributed by atoms with Crippen LogP contribution in [0.2, 0.25) is 0 Å². The number of methoxy groups -OCH3 is 1. The van der Waals surface area contributed by atoms with Gasteiger partial charge in [0, 0.05) is 5.92 Å². The van der Waals surface area contributed by atoms with Crippen LogP contribution in [0.5, 0.6) is 11.5 Å². The van der Waals surface area contributed by atoms with Crippen molar-refractivity contribution in [1.29, 1.82) is 0 Å². The number of nitrogens with two attached hydrogens (primary N) is 1. The molecule has 3 aliphatic carbocycles. The maximum atomic E-state index is 14.1. The van der Waals surface area contributed by atoms with Crippen LogP contribution in [0.1, 0.15) is 16.7 Å². The number of aliphatic hydroxyl groups excluding tert-OH is 3. The maximum Gasteiger partial charge on any atom is 0.255 e. The third-order valence-corrected chi connectivity index (χ3v) is 7.97. The van der Waals surface area contributed by atoms with Gasteiger partial charge in [-0.2, -0.15) is 0 Å². The number of phenolic OH excluding ortho intramolecular Hbond substituents is 1. The van der Waals surface area contributed by atoms with Gasteiger partial charge in [0.15, 0.2) is 11.4 Å². The lowest BCUT2D eigenvalue weighted by molar-refractivity contribution is -0.166. The van der Waals surface area contributed by atoms with Gasteiger partial charge in [-0.15, -0.1) is 0 Å². The van der Waals surface area contributed by atoms with E-state index in [1.54, 1.807) is 36.4 Å². The topological polar surface area (TPSA) is 191 Å². The highest BCUT2D eigenvalue weighted by Gasteiger charge is 2.68. The molecule has 5 rings (SSSR count). The highest BCUT2D eigenvalue weighted by Crippen LogP contribution is 2.56. The first-order valence-corrected chi connectivity index (χ1v) is 12.4. The number of primary amides is 1. The Morgan fingerprint density at radius 1 is 1.07 bits per heavy atom. The molecule has 0 aliphatic heterocycles. The highest BCUT2D eigenvalue weighted by molar-refractivity contribution is 6.25. The van der Waals surface area contributed by atoms with E-state index < -0.39 is 69.7 Å². The number of benzene rings is 2. The van der Waals surface area contributed by atoms with Crippen molar-refractivity contribution in [1.82, 2.24) is 4.90 Å². The number of ketones is 2. The summed E-state index contributed by atoms with van der Waals surface area (Å²) in [6.45, 7) is 0. The van der Waals surface area contributed by atoms with Crippen LogP contribution in [-0.2, 0) is 14.4 Å². The van der Waals surface area contributed by atoms with Crippen molar-refractivity contribution in [2.75, 3.05) is 21.2 Å². The van der Waals surface area contributed by atoms with E-state index in [0.29, 0.717) is 22.4 Å². The van der Waals surface area contributed by atoms with Crippen molar-refractivity contribution in [3.63, 3.8) is 0 Å². The number of likely N-dealkylation sites (N-methyl/N-ethyl adjacent to an activating group) is 1. The molecule has 1 saturated carbocycles. The van der Waals surface area contributed by atoms with Crippen molar-refractivity contribution >= 4 is 34.9 Å². The van der Waals surface area contributed by atoms with Crippen LogP contribution in [0.25, 0.3) is 17.4 Å². The van der Waals surface area contributed by atoms with Crippen molar-refractivity contribution < 1.29 is 44.7 Å². The quantitative estimate of drug-likeness (QED) is 0.300. The van der Waals surface area contributed by atoms with Gasteiger partial charge in [-0.25, -0.2) is 0 Å². The zero-order valence-corrected chi connectivity index (χ0v) is 21.8. The minimum absolute atomic E-state index is 0.120. The zero-order valence-electron chi connectivity index (χ0n) is 21.8. The van der Waals surface area contributed by atoms with Crippen molar-refractivity contribution in [3.8, 4) is 11.5 Å². The average Bonchev–Trinajstić information content (AvgIpc) is 2.90. The van der Waals surface area contributed by atoms with E-state index in [2.05, 4.69) is 0 Å². The van der Waals surface area contributed by atoms with E-state index in [-0.39, 0.29) is 11.3 Å². The first kappa shape index (κ1) is 27.1. The summed E-state index contributed by atoms with van der Waals surface area (Å²) < 4.78 is 5.21. The molecule has 5 atom stereocenters. The number of phenols is 1. The van der Waals surface area contributed by atoms with Crippen LogP contribution in [-0.4, -0.2) is 86.9 Å². The number of nitrogens with zero attached hydrogens (tertiary/aromatic N) is 1. The predicted molar refractivity (Wildman–Crippen MR) is 143 cm³/mol. The van der Waals surface area contributed by atoms with E-state index in [1.165, 1.54) is 38.2 Å². The maximum absolute atomic E-state index is 14.1. The van der Waals surface area contributed by atoms with Gasteiger partial charge in [0.1, 0.15) is 28.6 Å². The monoisotopic (exact) mass is 548 g/mol. The fourth-order valence-electron chi connectivity index (χ4n) is 6.19. The molecule has 0 radical (unpaired) electrons. The minimum Gasteiger partial charge on any atom is -0.508 e. The molecule has 0 unspecified atom stereocenters. The van der Waals surface area contributed by atoms with Crippen LogP contribution >= 0.6 is 0 Å². The Hall–Kier alpha value is -4.45. The molecule has 0 aromatic heterocycles. The van der Waals surface area contributed by atoms with Crippen LogP contribution in [0.4, 0.5) is 0 Å². The lowest BCUT2D eigenvalue weighted by Crippen LogP contribution is -2.70. The van der Waals surface area contributed by atoms with Gasteiger partial charge in [0.2, 0.25) is 5.78 Å². The summed E-state index contributed by atoms with van der Waals surface area (Å²) in [5.74, 6) is -8.33. The number of aromatic hydroxyl groups is 1. The average molecular weight is 549 g/mol. The molecule has 7 N–H and O–H groups in total. The second-order valence-electron chi connectivity index (χ2n) is 10.3. The number of ether oxygens (including phenoxy) is 1. The molecule has 40 heavy (non-hydrogen) atoms. The molecular formula is C29H28N2O9. The lowest BCUT2D eigenvalue weighted by Gasteiger charge is -2.53. The van der Waals surface area contributed by atoms with E-state index in [9.17, 15) is 39.9 Å². The molecule has 0 saturated heterocycles. The van der Waals surface area contributed by atoms with Crippen molar-refractivity contribution in [2.24, 2.45) is 17.6 Å². The van der Waals surface area contributed by atoms with E-state index in [1.807, 2.05) is 0 Å². The van der Waals surface area contributed by atoms with Gasteiger partial charge >= 0.3 is 0 Å². The van der Waals surface area contributed by atoms with Crippen molar-refractivity contribution in [2.45, 2.75) is 17.7 Å². The van der Waals surface area contributed by atoms with Gasteiger partial charge < -0.3 is 36.0 Å². The highest BCUT2D eigenvalue weighted by atomic mass is 16.5. The third kappa shape index (κ3) is 3.59. The summed E-state index contributed by atoms with van der Waals surface area (Å²) in [5, 5.41) is 56.7. The molecule has 0 spiro atoms. The smallest absolute Gasteiger partial charge is 0.255 e. The molecule has 3 aliphatic rings. The van der Waals surface area contributed by atoms with E-state index >= 15 is 0 Å². The Balaban J connectivity index is 1.84. The Morgan fingerprint density at radius 3 is 2.30 bits per heavy atom. The first-order chi connectivity index (χ1) is 18.9. The number of aliphatic hydroxyl groups is 4. The Morgan fingerprint density at radius 2 is 1.73 bits per heavy atom. The van der Waals surface area contributed by atoms with E-state index in [4.69, 9.17) is 10.5 Å². The normalized spacial score (nSPS) is 28.9. The van der Waals surface area contributed by atoms with Gasteiger partial charge in [0.25, 0.3) is 5.91 Å². The SMILES string of the molecule is COc1ccc(/C=C2\c3cccc(O)c3C(O)=C3C(=O)[C@@]4(O)C(O)=C(C(N)=O)C(=O)[C@H](N(C)C)[C@H]4[C@H](O)[C@H]32)cc1. The Labute approximate surface area is 228 Å². The number of Topliss-reactive ketones (excluding diaryl/α,β-unsaturated/α-hetero) is 2. The molecule has 1 amide bonds. The largest absolute Gasteiger partial charge is 0.508 e. The second kappa shape index (κ2) is 9.33. The third-order valence-electron chi connectivity index (χ3n) is 7.97. The van der Waals surface area contributed by atoms with Crippen LogP contribution in [0, 0.1) is 11.8 Å². The number of hydrogen-bond acceptors (Lipinski definition) is 10. The molecule has 208 valence electrons. The number of amides is 1. The molecule has 2 aromatic rings. The zero-order chi connectivity index (χ0) is 29.3. The molecular weight excluding hydrogens is 520 g/mol. The summed E-state index contributed by atoms with van der Waals surface area (Å²) >= 11 is 0. The number of carbonyl (C=O) groups is 3. The summed E-state index contributed by atoms with van der Waals surface area (Å²) in [6.07, 6.45) is -0.0944. The number of hydrogen-bond donors (Lipinski definition) is 6. The summed E-state index contributed by atoms with van der Waals surface area (Å²) in [5.41, 5.74) is 2.01. The van der Waals surface area contributed by atoms with Gasteiger partial charge in [-0.05, 0) is 49.0 Å². The van der Waals surface area contributed by atoms with Gasteiger partial charge in [-0.1, -0.05) is 30.3 Å². The van der Waals surface area contributed by atoms with Gasteiger partial charge in [0.05, 0.1) is 36.3 Å². The fourth-order valence-corrected chi connectivity index (χ4v) is 6.19. The second-order valence-corrected chi connectivity index (χ2v) is 10.3. The number of carbonyl (C=O) groups excluding carboxylic acids is 3. The van der Waals surface area contributed by atoms with E-state index in [0.717, 1.165) is 0 Å². The molecule has 11 heteroatoms. The van der Waals surface area contributed by atoms with Crippen molar-refractivity contribution in [3.05, 3.63) is 76.1 Å². The van der Waals surface area contributed by atoms with Crippen LogP contribution < -0.4 is 10.5 Å². The van der Waals surface area contributed by atoms with Crippen LogP contribution in [0.15, 0.2) is 59.4 Å². The summed E-state index contributed by atoms with van der Waals surface area (Å²) in [6, 6.07) is 9.81. The molecule has 0 heterocycles. The minimum atomic E-state index is -2.99. The summed E-state index contributed by atoms with van der Waals surface area (Å²) in [7, 11) is 4.41. The molecule has 1 fully saturated rings. The molecule has 2 aromatic carbocycles. The summed E-state index contributed by atoms with van der Waals surface area (Å²) in [4.78, 5) is 41.0.